The van der Waals surface area contributed by atoms with Gasteiger partial charge in [-0.1, -0.05) is 75.1 Å². The van der Waals surface area contributed by atoms with Gasteiger partial charge in [-0.2, -0.15) is 131 Å². The third-order valence-electron chi connectivity index (χ3n) is 11.7. The first-order valence-electron chi connectivity index (χ1n) is 27.8. The third kappa shape index (κ3) is 34.0. The van der Waals surface area contributed by atoms with Crippen LogP contribution in [-0.2, 0) is 0 Å². The fourth-order valence-electron chi connectivity index (χ4n) is 5.78. The molecule has 0 bridgehead atoms. The van der Waals surface area contributed by atoms with E-state index in [1.165, 1.54) is 80.2 Å². The van der Waals surface area contributed by atoms with Crippen LogP contribution in [0.1, 0.15) is 50.5 Å². The molecular weight excluding hydrogens is 1610 g/mol. The molecule has 0 aliphatic carbocycles. The number of rotatable bonds is 24. The Hall–Kier alpha value is -3.24. The van der Waals surface area contributed by atoms with Gasteiger partial charge in [0.1, 0.15) is 5.75 Å². The fraction of sp³-hybridized carbons (Fsp3) is 0.483. The van der Waals surface area contributed by atoms with E-state index in [1.54, 1.807) is 43.6 Å². The molecule has 0 radical (unpaired) electrons. The quantitative estimate of drug-likeness (QED) is 0.00544. The molecule has 0 aromatic heterocycles. The highest BCUT2D eigenvalue weighted by Crippen LogP contribution is 2.63. The fourth-order valence-corrected chi connectivity index (χ4v) is 7.44. The van der Waals surface area contributed by atoms with Crippen LogP contribution in [0.4, 0.5) is 117 Å². The van der Waals surface area contributed by atoms with Crippen molar-refractivity contribution in [2.45, 2.75) is 151 Å². The lowest BCUT2D eigenvalue weighted by atomic mass is 9.91. The van der Waals surface area contributed by atoms with Gasteiger partial charge >= 0.3 is 69.7 Å². The molecular formula is C58H74F24N6O3S10. The van der Waals surface area contributed by atoms with Crippen molar-refractivity contribution in [1.82, 2.24) is 0 Å². The van der Waals surface area contributed by atoms with Gasteiger partial charge in [0.25, 0.3) is 5.69 Å². The molecule has 0 unspecified atom stereocenters. The Kier molecular flexibility index (Phi) is 48.9. The molecule has 582 valence electrons. The van der Waals surface area contributed by atoms with Crippen molar-refractivity contribution in [3.8, 4) is 5.75 Å². The largest absolute Gasteiger partial charge is 0.497 e. The van der Waals surface area contributed by atoms with Gasteiger partial charge in [-0.25, -0.2) is 0 Å². The summed E-state index contributed by atoms with van der Waals surface area (Å²) in [4.78, 5) is 15.6. The predicted octanol–water partition coefficient (Wildman–Crippen LogP) is 20.2. The molecule has 5 rings (SSSR count). The first-order valence-corrected chi connectivity index (χ1v) is 33.4. The van der Waals surface area contributed by atoms with Gasteiger partial charge in [-0.05, 0) is 135 Å². The molecule has 0 saturated carbocycles. The molecule has 43 heteroatoms. The van der Waals surface area contributed by atoms with Crippen LogP contribution in [0.5, 0.6) is 5.75 Å². The summed E-state index contributed by atoms with van der Waals surface area (Å²) in [5.41, 5.74) is 25.8. The van der Waals surface area contributed by atoms with Crippen molar-refractivity contribution in [2.75, 3.05) is 56.8 Å². The van der Waals surface area contributed by atoms with E-state index >= 15 is 0 Å². The molecule has 0 saturated heterocycles. The molecule has 10 N–H and O–H groups in total. The minimum Gasteiger partial charge on any atom is -0.497 e. The summed E-state index contributed by atoms with van der Waals surface area (Å²) in [6, 6.07) is 37.1. The number of thioether (sulfide) groups is 1. The summed E-state index contributed by atoms with van der Waals surface area (Å²) < 4.78 is 307. The number of anilines is 1. The number of aryl methyl sites for hydroxylation is 1. The Balaban J connectivity index is -0.000000545. The van der Waals surface area contributed by atoms with E-state index < -0.39 is 87.7 Å². The lowest BCUT2D eigenvalue weighted by molar-refractivity contribution is -0.433. The number of nitrogens with two attached hydrogens (primary N) is 5. The zero-order valence-electron chi connectivity index (χ0n) is 52.8. The van der Waals surface area contributed by atoms with Crippen LogP contribution < -0.4 is 33.4 Å². The highest BCUT2D eigenvalue weighted by molar-refractivity contribution is 7.98. The number of methoxy groups -OCH3 is 1. The molecule has 0 heterocycles. The highest BCUT2D eigenvalue weighted by Gasteiger charge is 2.92. The van der Waals surface area contributed by atoms with Crippen LogP contribution in [-0.4, -0.2) is 126 Å². The van der Waals surface area contributed by atoms with E-state index in [1.807, 2.05) is 84.9 Å². The number of unbranched alkanes of at least 4 members (excludes halogenated alkanes) is 6. The molecule has 0 amide bonds. The summed E-state index contributed by atoms with van der Waals surface area (Å²) in [5, 5.41) is -2.25. The summed E-state index contributed by atoms with van der Waals surface area (Å²) in [7, 11) is 1.65. The van der Waals surface area contributed by atoms with Crippen molar-refractivity contribution in [2.24, 2.45) is 22.9 Å². The van der Waals surface area contributed by atoms with Crippen LogP contribution in [0.15, 0.2) is 151 Å². The van der Waals surface area contributed by atoms with Gasteiger partial charge in [0.05, 0.1) is 25.1 Å². The van der Waals surface area contributed by atoms with E-state index in [-0.39, 0.29) is 5.69 Å². The summed E-state index contributed by atoms with van der Waals surface area (Å²) in [6.07, 6.45) is 11.3. The maximum atomic E-state index is 13.0. The van der Waals surface area contributed by atoms with Crippen LogP contribution >= 0.6 is 125 Å². The first-order chi connectivity index (χ1) is 45.9. The molecule has 0 spiro atoms. The molecule has 0 aliphatic heterocycles. The zero-order valence-corrected chi connectivity index (χ0v) is 61.7. The lowest BCUT2D eigenvalue weighted by Gasteiger charge is -2.41. The predicted molar refractivity (Wildman–Crippen MR) is 376 cm³/mol. The van der Waals surface area contributed by atoms with Crippen molar-refractivity contribution in [3.05, 3.63) is 137 Å². The van der Waals surface area contributed by atoms with Gasteiger partial charge in [0.2, 0.25) is 0 Å². The maximum absolute atomic E-state index is 13.0. The number of nitro benzene ring substituents is 1. The average Bonchev–Trinajstić information content (AvgIpc) is 0.711. The second kappa shape index (κ2) is 47.4. The molecule has 9 nitrogen and oxygen atoms in total. The minimum absolute atomic E-state index is 0.0952. The zero-order chi connectivity index (χ0) is 80.1. The number of nitrogen functional groups attached to an aromatic ring is 1. The molecule has 0 aliphatic rings. The number of non-ortho nitro benzene ring substituents is 1. The van der Waals surface area contributed by atoms with Gasteiger partial charge in [0, 0.05) is 59.5 Å². The van der Waals surface area contributed by atoms with Crippen molar-refractivity contribution < 1.29 is 115 Å². The van der Waals surface area contributed by atoms with Crippen LogP contribution in [0.3, 0.4) is 0 Å². The number of nitro groups is 1. The number of thiol groups is 9. The summed E-state index contributed by atoms with van der Waals surface area (Å²) in [6.45, 7) is -1.62. The number of benzene rings is 5. The Morgan fingerprint density at radius 1 is 0.406 bits per heavy atom. The van der Waals surface area contributed by atoms with E-state index in [9.17, 15) is 115 Å². The smallest absolute Gasteiger partial charge is 0.387 e. The van der Waals surface area contributed by atoms with Crippen molar-refractivity contribution in [1.29, 1.82) is 0 Å². The molecule has 0 atom stereocenters. The third-order valence-corrected chi connectivity index (χ3v) is 15.0. The Labute approximate surface area is 621 Å². The number of halogens is 24. The molecule has 101 heavy (non-hydrogen) atoms. The molecule has 5 aromatic rings. The van der Waals surface area contributed by atoms with Crippen LogP contribution in [0.25, 0.3) is 0 Å². The Bertz CT molecular complexity index is 2890. The van der Waals surface area contributed by atoms with Gasteiger partial charge in [0.15, 0.2) is 0 Å². The van der Waals surface area contributed by atoms with Crippen LogP contribution in [0, 0.1) is 17.0 Å². The van der Waals surface area contributed by atoms with E-state index in [0.29, 0.717) is 6.54 Å². The van der Waals surface area contributed by atoms with Gasteiger partial charge < -0.3 is 33.4 Å². The second-order valence-electron chi connectivity index (χ2n) is 19.6. The van der Waals surface area contributed by atoms with Crippen molar-refractivity contribution >= 4 is 137 Å². The van der Waals surface area contributed by atoms with Crippen molar-refractivity contribution in [3.63, 3.8) is 0 Å². The Morgan fingerprint density at radius 3 is 0.931 bits per heavy atom. The van der Waals surface area contributed by atoms with E-state index in [4.69, 9.17) is 21.9 Å². The number of hydrogen-bond donors (Lipinski definition) is 14. The Morgan fingerprint density at radius 2 is 0.673 bits per heavy atom. The summed E-state index contributed by atoms with van der Waals surface area (Å²) in [5.74, 6) is -68.7. The molecule has 5 aromatic carbocycles. The highest BCUT2D eigenvalue weighted by atomic mass is 32.2. The number of hydrogen-bond acceptors (Lipinski definition) is 18. The number of nitrogens with zero attached hydrogens (tertiary/aromatic N) is 1. The van der Waals surface area contributed by atoms with Gasteiger partial charge in [-0.15, -0.1) is 74.9 Å². The first kappa shape index (κ1) is 104. The number of alkyl halides is 24. The lowest BCUT2D eigenvalue weighted by Crippen LogP contribution is -2.73. The van der Waals surface area contributed by atoms with Crippen LogP contribution in [0.2, 0.25) is 0 Å². The average molecular weight is 1680 g/mol. The SMILES string of the molecule is COc1ccc(S)cc1.CSc1ccc(S)cc1.Cc1ccc(S)cc1.NCC(F)(F)C(F)(F)C(F)(F)C(F)(F)C(F)(F)C(F)(F)C(F)(F)S.NCC(F)(F)C(F)(F)C(F)(F)C(F)(F)C(F)(F)S.NCCCCCCCCCS.NCCS.Nc1ccc(S)cc1.O=[N+]([O-])c1ccc(S)cc1. The van der Waals surface area contributed by atoms with E-state index in [0.717, 1.165) is 54.0 Å². The standard InChI is InChI=1S/C9H21NS.C8H5F14NS.C7H8OS.C7H8S2.C7H8S.C6H5F10NS.C6H5NO2S.C6H7NS.C2H7NS/c10-8-6-4-2-1-3-5-7-9-11;9-2(10,1-23)3(11,12)4(13,14)5(15,16)6(17,18)7(19,20)8(21,22)24;1-8-6-2-4-7(9)5-3-6;1-9-7-4-2-6(8)3-5-7;1-6-2-4-7(8)5-3-6;7-2(8,1-17)3(9,10)4(11,12)5(13,14)6(15,16)18;8-7(9)5-1-3-6(10)4-2-5;7-5-1-3-6(8)4-2-5;3-1-2-4/h11H,1-10H2;24H,1,23H2;2-5,9H,1H3;2-5,8H,1H3;2-5,8H,1H3;18H,1,17H2;1-4,10H;1-4,8H,7H2;4H,1-3H2. The normalized spacial score (nSPS) is 12.2. The topological polar surface area (TPSA) is 182 Å². The molecule has 0 fully saturated rings. The van der Waals surface area contributed by atoms with E-state index in [2.05, 4.69) is 125 Å². The van der Waals surface area contributed by atoms with Gasteiger partial charge in [-0.3, -0.25) is 10.1 Å². The maximum Gasteiger partial charge on any atom is 0.387 e. The second-order valence-corrected chi connectivity index (χ2v) is 25.1. The summed E-state index contributed by atoms with van der Waals surface area (Å²) >= 11 is 33.4. The monoisotopic (exact) mass is 1680 g/mol. The minimum atomic E-state index is -8.06. The number of ether oxygens (including phenoxy) is 1.